The Balaban J connectivity index is 2.04. The molecule has 2 rings (SSSR count). The molecule has 0 aliphatic heterocycles. The van der Waals surface area contributed by atoms with Gasteiger partial charge in [-0.25, -0.2) is 4.98 Å². The highest BCUT2D eigenvalue weighted by Crippen LogP contribution is 2.16. The second kappa shape index (κ2) is 5.72. The van der Waals surface area contributed by atoms with Gasteiger partial charge in [0.25, 0.3) is 5.91 Å². The Morgan fingerprint density at radius 1 is 1.37 bits per heavy atom. The molecule has 9 heteroatoms. The third-order valence-electron chi connectivity index (χ3n) is 1.97. The first-order valence-electron chi connectivity index (χ1n) is 5.01. The van der Waals surface area contributed by atoms with Crippen molar-refractivity contribution in [2.75, 3.05) is 5.32 Å². The number of nitrogens with zero attached hydrogens (tertiary/aromatic N) is 3. The lowest BCUT2D eigenvalue weighted by atomic mass is 10.3. The van der Waals surface area contributed by atoms with E-state index in [1.54, 1.807) is 5.38 Å². The van der Waals surface area contributed by atoms with Gasteiger partial charge in [0.05, 0.1) is 12.1 Å². The number of carboxylic acid groups (broad SMARTS) is 1. The summed E-state index contributed by atoms with van der Waals surface area (Å²) in [5.41, 5.74) is 0.481. The average molecular weight is 299 g/mol. The summed E-state index contributed by atoms with van der Waals surface area (Å²) in [6.45, 7) is 0. The maximum Gasteiger partial charge on any atom is 0.309 e. The quantitative estimate of drug-likeness (QED) is 0.885. The van der Waals surface area contributed by atoms with Crippen molar-refractivity contribution in [1.82, 2.24) is 15.2 Å². The van der Waals surface area contributed by atoms with Gasteiger partial charge in [-0.15, -0.1) is 21.5 Å². The summed E-state index contributed by atoms with van der Waals surface area (Å²) >= 11 is 6.69. The van der Waals surface area contributed by atoms with E-state index in [0.717, 1.165) is 11.3 Å². The number of thiazole rings is 1. The largest absolute Gasteiger partial charge is 0.481 e. The summed E-state index contributed by atoms with van der Waals surface area (Å²) in [5, 5.41) is 20.3. The molecule has 2 N–H and O–H groups in total. The average Bonchev–Trinajstić information content (AvgIpc) is 2.76. The third-order valence-corrected chi connectivity index (χ3v) is 2.98. The molecular weight excluding hydrogens is 292 g/mol. The van der Waals surface area contributed by atoms with Crippen LogP contribution in [0, 0.1) is 0 Å². The standard InChI is InChI=1S/C10H7ClN4O3S/c11-7-2-1-6(14-15-7)9(18)13-10-12-5(4-19-10)3-8(16)17/h1-2,4H,3H2,(H,16,17)(H,12,13,18). The summed E-state index contributed by atoms with van der Waals surface area (Å²) in [4.78, 5) is 26.2. The summed E-state index contributed by atoms with van der Waals surface area (Å²) in [6, 6.07) is 2.87. The molecule has 0 aromatic carbocycles. The van der Waals surface area contributed by atoms with E-state index < -0.39 is 11.9 Å². The number of carbonyl (C=O) groups excluding carboxylic acids is 1. The van der Waals surface area contributed by atoms with E-state index in [4.69, 9.17) is 16.7 Å². The van der Waals surface area contributed by atoms with Crippen LogP contribution in [0.3, 0.4) is 0 Å². The summed E-state index contributed by atoms with van der Waals surface area (Å²) in [7, 11) is 0. The molecule has 0 bridgehead atoms. The highest BCUT2D eigenvalue weighted by atomic mass is 35.5. The fraction of sp³-hybridized carbons (Fsp3) is 0.100. The predicted molar refractivity (Wildman–Crippen MR) is 68.4 cm³/mol. The summed E-state index contributed by atoms with van der Waals surface area (Å²) < 4.78 is 0. The molecule has 2 aromatic heterocycles. The predicted octanol–water partition coefficient (Wildman–Crippen LogP) is 1.47. The number of aromatic nitrogens is 3. The lowest BCUT2D eigenvalue weighted by Crippen LogP contribution is -2.14. The Morgan fingerprint density at radius 2 is 2.16 bits per heavy atom. The second-order valence-corrected chi connectivity index (χ2v) is 4.66. The molecule has 0 aliphatic carbocycles. The van der Waals surface area contributed by atoms with E-state index in [9.17, 15) is 9.59 Å². The maximum absolute atomic E-state index is 11.8. The third kappa shape index (κ3) is 3.70. The monoisotopic (exact) mass is 298 g/mol. The lowest BCUT2D eigenvalue weighted by Gasteiger charge is -1.99. The number of nitrogens with one attached hydrogen (secondary N) is 1. The molecule has 19 heavy (non-hydrogen) atoms. The van der Waals surface area contributed by atoms with Gasteiger partial charge < -0.3 is 5.11 Å². The van der Waals surface area contributed by atoms with Crippen molar-refractivity contribution in [2.45, 2.75) is 6.42 Å². The van der Waals surface area contributed by atoms with Crippen molar-refractivity contribution < 1.29 is 14.7 Å². The van der Waals surface area contributed by atoms with Gasteiger partial charge in [-0.3, -0.25) is 14.9 Å². The van der Waals surface area contributed by atoms with E-state index in [1.165, 1.54) is 12.1 Å². The van der Waals surface area contributed by atoms with Crippen LogP contribution in [-0.4, -0.2) is 32.2 Å². The zero-order chi connectivity index (χ0) is 13.8. The van der Waals surface area contributed by atoms with E-state index in [2.05, 4.69) is 20.5 Å². The zero-order valence-corrected chi connectivity index (χ0v) is 10.9. The molecule has 0 radical (unpaired) electrons. The van der Waals surface area contributed by atoms with Gasteiger partial charge in [0.15, 0.2) is 16.0 Å². The highest BCUT2D eigenvalue weighted by Gasteiger charge is 2.12. The lowest BCUT2D eigenvalue weighted by molar-refractivity contribution is -0.136. The Hall–Kier alpha value is -2.06. The van der Waals surface area contributed by atoms with Crippen molar-refractivity contribution in [3.05, 3.63) is 34.1 Å². The fourth-order valence-corrected chi connectivity index (χ4v) is 2.00. The zero-order valence-electron chi connectivity index (χ0n) is 9.33. The molecule has 2 heterocycles. The van der Waals surface area contributed by atoms with Crippen LogP contribution < -0.4 is 5.32 Å². The number of hydrogen-bond acceptors (Lipinski definition) is 6. The molecule has 0 fully saturated rings. The molecular formula is C10H7ClN4O3S. The minimum Gasteiger partial charge on any atom is -0.481 e. The summed E-state index contributed by atoms with van der Waals surface area (Å²) in [6.07, 6.45) is -0.187. The molecule has 7 nitrogen and oxygen atoms in total. The van der Waals surface area contributed by atoms with Crippen molar-refractivity contribution in [1.29, 1.82) is 0 Å². The van der Waals surface area contributed by atoms with Gasteiger partial charge in [-0.1, -0.05) is 11.6 Å². The van der Waals surface area contributed by atoms with Crippen LogP contribution in [0.25, 0.3) is 0 Å². The van der Waals surface area contributed by atoms with Crippen LogP contribution in [0.5, 0.6) is 0 Å². The number of halogens is 1. The minimum absolute atomic E-state index is 0.0967. The van der Waals surface area contributed by atoms with Crippen LogP contribution in [0.2, 0.25) is 5.15 Å². The van der Waals surface area contributed by atoms with E-state index in [0.29, 0.717) is 10.8 Å². The summed E-state index contributed by atoms with van der Waals surface area (Å²) in [5.74, 6) is -1.47. The van der Waals surface area contributed by atoms with E-state index >= 15 is 0 Å². The highest BCUT2D eigenvalue weighted by molar-refractivity contribution is 7.14. The molecule has 0 atom stereocenters. The van der Waals surface area contributed by atoms with Gasteiger partial charge in [0.2, 0.25) is 0 Å². The van der Waals surface area contributed by atoms with Crippen LogP contribution >= 0.6 is 22.9 Å². The number of carbonyl (C=O) groups is 2. The smallest absolute Gasteiger partial charge is 0.309 e. The number of amides is 1. The van der Waals surface area contributed by atoms with Crippen molar-refractivity contribution in [3.8, 4) is 0 Å². The minimum atomic E-state index is -0.980. The van der Waals surface area contributed by atoms with Crippen LogP contribution in [0.15, 0.2) is 17.5 Å². The van der Waals surface area contributed by atoms with Crippen LogP contribution in [0.4, 0.5) is 5.13 Å². The maximum atomic E-state index is 11.8. The Labute approximate surface area is 116 Å². The first-order chi connectivity index (χ1) is 9.04. The molecule has 0 spiro atoms. The number of aliphatic carboxylic acids is 1. The number of carboxylic acids is 1. The molecule has 1 amide bonds. The number of anilines is 1. The molecule has 0 saturated heterocycles. The molecule has 0 unspecified atom stereocenters. The number of rotatable bonds is 4. The number of hydrogen-bond donors (Lipinski definition) is 2. The van der Waals surface area contributed by atoms with Gasteiger partial charge >= 0.3 is 5.97 Å². The first-order valence-corrected chi connectivity index (χ1v) is 6.27. The van der Waals surface area contributed by atoms with Gasteiger partial charge in [-0.05, 0) is 12.1 Å². The van der Waals surface area contributed by atoms with E-state index in [-0.39, 0.29) is 17.3 Å². The molecule has 98 valence electrons. The van der Waals surface area contributed by atoms with Crippen molar-refractivity contribution in [2.24, 2.45) is 0 Å². The Kier molecular flexibility index (Phi) is 4.03. The van der Waals surface area contributed by atoms with Gasteiger partial charge in [0, 0.05) is 5.38 Å². The Morgan fingerprint density at radius 3 is 2.79 bits per heavy atom. The van der Waals surface area contributed by atoms with Crippen LogP contribution in [-0.2, 0) is 11.2 Å². The Bertz CT molecular complexity index is 613. The molecule has 2 aromatic rings. The normalized spacial score (nSPS) is 10.2. The molecule has 0 saturated carbocycles. The topological polar surface area (TPSA) is 105 Å². The second-order valence-electron chi connectivity index (χ2n) is 3.41. The van der Waals surface area contributed by atoms with Crippen molar-refractivity contribution >= 4 is 39.9 Å². The van der Waals surface area contributed by atoms with Crippen LogP contribution in [0.1, 0.15) is 16.2 Å². The van der Waals surface area contributed by atoms with Gasteiger partial charge in [0.1, 0.15) is 0 Å². The first kappa shape index (κ1) is 13.4. The SMILES string of the molecule is O=C(O)Cc1csc(NC(=O)c2ccc(Cl)nn2)n1. The van der Waals surface area contributed by atoms with Gasteiger partial charge in [-0.2, -0.15) is 0 Å². The van der Waals surface area contributed by atoms with E-state index in [1.807, 2.05) is 0 Å². The molecule has 0 aliphatic rings. The van der Waals surface area contributed by atoms with Crippen molar-refractivity contribution in [3.63, 3.8) is 0 Å². The fourth-order valence-electron chi connectivity index (χ4n) is 1.20.